The van der Waals surface area contributed by atoms with Gasteiger partial charge >= 0.3 is 131 Å². The van der Waals surface area contributed by atoms with E-state index in [1.807, 2.05) is 0 Å². The summed E-state index contributed by atoms with van der Waals surface area (Å²) >= 11 is 4.58. The van der Waals surface area contributed by atoms with Crippen LogP contribution in [0, 0.1) is 41.5 Å². The summed E-state index contributed by atoms with van der Waals surface area (Å²) in [6, 6.07) is 9.15. The molecule has 0 spiro atoms. The molecule has 0 aromatic heterocycles. The van der Waals surface area contributed by atoms with E-state index < -0.39 is 6.94 Å². The van der Waals surface area contributed by atoms with Gasteiger partial charge in [-0.3, -0.25) is 0 Å². The molecule has 0 unspecified atom stereocenters. The van der Waals surface area contributed by atoms with E-state index in [4.69, 9.17) is 0 Å². The Labute approximate surface area is 131 Å². The van der Waals surface area contributed by atoms with E-state index in [0.717, 1.165) is 0 Å². The molecule has 0 amide bonds. The van der Waals surface area contributed by atoms with Gasteiger partial charge in [-0.15, -0.1) is 0 Å². The molecule has 0 bridgehead atoms. The van der Waals surface area contributed by atoms with Crippen molar-refractivity contribution < 1.29 is 14.9 Å². The SMILES string of the molecule is Cc1cc(C)c([Si](=[Fe+])c2c(C)cc(C)cc2C)c(C)c1. The second-order valence-electron chi connectivity index (χ2n) is 5.85. The second kappa shape index (κ2) is 5.89. The summed E-state index contributed by atoms with van der Waals surface area (Å²) in [5.41, 5.74) is 8.26. The van der Waals surface area contributed by atoms with Crippen molar-refractivity contribution in [1.29, 1.82) is 0 Å². The van der Waals surface area contributed by atoms with Crippen LogP contribution < -0.4 is 10.4 Å². The van der Waals surface area contributed by atoms with Crippen molar-refractivity contribution in [2.45, 2.75) is 41.5 Å². The van der Waals surface area contributed by atoms with Gasteiger partial charge in [0.05, 0.1) is 0 Å². The average molecular weight is 322 g/mol. The van der Waals surface area contributed by atoms with Crippen molar-refractivity contribution in [3.8, 4) is 0 Å². The van der Waals surface area contributed by atoms with Gasteiger partial charge in [0.2, 0.25) is 0 Å². The predicted octanol–water partition coefficient (Wildman–Crippen LogP) is 3.19. The van der Waals surface area contributed by atoms with Gasteiger partial charge in [0, 0.05) is 0 Å². The Morgan fingerprint density at radius 2 is 0.850 bits per heavy atom. The third-order valence-electron chi connectivity index (χ3n) is 3.78. The Balaban J connectivity index is 2.64. The zero-order valence-electron chi connectivity index (χ0n) is 13.2. The summed E-state index contributed by atoms with van der Waals surface area (Å²) in [7, 11) is 0. The molecule has 2 heteroatoms. The van der Waals surface area contributed by atoms with Crippen molar-refractivity contribution in [2.24, 2.45) is 0 Å². The number of hydrogen-bond acceptors (Lipinski definition) is 0. The minimum absolute atomic E-state index is 0.948. The maximum atomic E-state index is 4.58. The first kappa shape index (κ1) is 15.6. The first-order valence-corrected chi connectivity index (χ1v) is 10.00. The summed E-state index contributed by atoms with van der Waals surface area (Å²) in [6.45, 7) is 12.3. The monoisotopic (exact) mass is 322 g/mol. The molecule has 0 aliphatic carbocycles. The van der Waals surface area contributed by atoms with E-state index >= 15 is 0 Å². The van der Waals surface area contributed by atoms with Gasteiger partial charge in [-0.1, -0.05) is 0 Å². The topological polar surface area (TPSA) is 0 Å². The molecule has 0 saturated carbocycles. The fourth-order valence-electron chi connectivity index (χ4n) is 3.16. The number of rotatable bonds is 2. The quantitative estimate of drug-likeness (QED) is 0.745. The summed E-state index contributed by atoms with van der Waals surface area (Å²) in [4.78, 5) is 0. The van der Waals surface area contributed by atoms with Crippen LogP contribution in [0.3, 0.4) is 0 Å². The molecule has 0 heterocycles. The van der Waals surface area contributed by atoms with Crippen LogP contribution in [-0.2, 0) is 14.9 Å². The molecule has 2 rings (SSSR count). The van der Waals surface area contributed by atoms with Crippen molar-refractivity contribution in [2.75, 3.05) is 0 Å². The standard InChI is InChI=1S/C18H22Si.Fe/c1-11-7-13(3)17(14(4)8-11)19-18-15(5)9-12(2)10-16(18)6;/h7-10H,1-6H3;/q;+1. The van der Waals surface area contributed by atoms with Crippen molar-refractivity contribution in [3.63, 3.8) is 0 Å². The van der Waals surface area contributed by atoms with Crippen LogP contribution in [0.15, 0.2) is 24.3 Å². The Morgan fingerprint density at radius 1 is 0.600 bits per heavy atom. The van der Waals surface area contributed by atoms with Crippen LogP contribution in [-0.4, -0.2) is 6.94 Å². The van der Waals surface area contributed by atoms with Gasteiger partial charge in [0.25, 0.3) is 0 Å². The molecular weight excluding hydrogens is 300 g/mol. The third-order valence-corrected chi connectivity index (χ3v) is 7.87. The van der Waals surface area contributed by atoms with Gasteiger partial charge in [-0.05, 0) is 0 Å². The molecule has 20 heavy (non-hydrogen) atoms. The molecule has 0 saturated heterocycles. The van der Waals surface area contributed by atoms with Crippen LogP contribution in [0.2, 0.25) is 0 Å². The minimum atomic E-state index is -0.948. The van der Waals surface area contributed by atoms with E-state index in [1.54, 1.807) is 0 Å². The summed E-state index contributed by atoms with van der Waals surface area (Å²) < 4.78 is 0. The Bertz CT molecular complexity index is 593. The molecule has 0 N–H and O–H groups in total. The van der Waals surface area contributed by atoms with Gasteiger partial charge in [0.15, 0.2) is 0 Å². The molecule has 2 aromatic carbocycles. The molecule has 0 radical (unpaired) electrons. The van der Waals surface area contributed by atoms with Crippen molar-refractivity contribution in [3.05, 3.63) is 57.6 Å². The maximum absolute atomic E-state index is 4.58. The van der Waals surface area contributed by atoms with Gasteiger partial charge in [-0.2, -0.15) is 0 Å². The Hall–Kier alpha value is -0.824. The summed E-state index contributed by atoms with van der Waals surface area (Å²) in [5.74, 6) is 0. The Morgan fingerprint density at radius 3 is 1.10 bits per heavy atom. The molecule has 0 fully saturated rings. The fourth-order valence-corrected chi connectivity index (χ4v) is 7.66. The Kier molecular flexibility index (Phi) is 4.58. The summed E-state index contributed by atoms with van der Waals surface area (Å²) in [6.07, 6.45) is 0. The van der Waals surface area contributed by atoms with Crippen molar-refractivity contribution in [1.82, 2.24) is 0 Å². The zero-order chi connectivity index (χ0) is 15.0. The molecule has 0 nitrogen and oxygen atoms in total. The first-order chi connectivity index (χ1) is 9.31. The average Bonchev–Trinajstić information content (AvgIpc) is 2.25. The third kappa shape index (κ3) is 2.93. The second-order valence-corrected chi connectivity index (χ2v) is 9.11. The number of aryl methyl sites for hydroxylation is 6. The molecule has 105 valence electrons. The molecular formula is C18H22FeSi+. The van der Waals surface area contributed by atoms with E-state index in [2.05, 4.69) is 80.7 Å². The fraction of sp³-hybridized carbons (Fsp3) is 0.333. The predicted molar refractivity (Wildman–Crippen MR) is 86.3 cm³/mol. The zero-order valence-corrected chi connectivity index (χ0v) is 15.3. The van der Waals surface area contributed by atoms with Crippen LogP contribution in [0.4, 0.5) is 0 Å². The van der Waals surface area contributed by atoms with Crippen LogP contribution in [0.25, 0.3) is 0 Å². The van der Waals surface area contributed by atoms with E-state index in [9.17, 15) is 0 Å². The molecule has 0 aliphatic rings. The van der Waals surface area contributed by atoms with E-state index in [1.165, 1.54) is 43.8 Å². The molecule has 0 aliphatic heterocycles. The van der Waals surface area contributed by atoms with Gasteiger partial charge in [0.1, 0.15) is 0 Å². The van der Waals surface area contributed by atoms with Gasteiger partial charge < -0.3 is 0 Å². The molecule has 2 aromatic rings. The van der Waals surface area contributed by atoms with E-state index in [0.29, 0.717) is 0 Å². The van der Waals surface area contributed by atoms with E-state index in [-0.39, 0.29) is 0 Å². The first-order valence-electron chi connectivity index (χ1n) is 6.99. The number of benzene rings is 2. The van der Waals surface area contributed by atoms with Crippen LogP contribution >= 0.6 is 0 Å². The molecule has 0 atom stereocenters. The normalized spacial score (nSPS) is 10.7. The van der Waals surface area contributed by atoms with Crippen LogP contribution in [0.5, 0.6) is 0 Å². The van der Waals surface area contributed by atoms with Crippen LogP contribution in [0.1, 0.15) is 33.4 Å². The summed E-state index contributed by atoms with van der Waals surface area (Å²) in [5, 5.41) is 2.96. The number of hydrogen-bond donors (Lipinski definition) is 0. The van der Waals surface area contributed by atoms with Gasteiger partial charge in [-0.25, -0.2) is 0 Å². The van der Waals surface area contributed by atoms with Crippen molar-refractivity contribution >= 4 is 17.3 Å².